The molecule has 2 bridgehead atoms. The molecule has 1 radical (unpaired) electrons. The summed E-state index contributed by atoms with van der Waals surface area (Å²) in [4.78, 5) is 97.4. The van der Waals surface area contributed by atoms with Crippen molar-refractivity contribution in [2.75, 3.05) is 7.05 Å². The maximum Gasteiger partial charge on any atom is 0.303 e. The molecule has 1 aromatic heterocycles. The van der Waals surface area contributed by atoms with E-state index in [4.69, 9.17) is 0 Å². The monoisotopic (exact) mass is 811 g/mol. The number of likely N-dealkylation sites (N-methyl/N-ethyl adjacent to an activating group) is 1. The van der Waals surface area contributed by atoms with Crippen LogP contribution in [0.3, 0.4) is 0 Å². The van der Waals surface area contributed by atoms with Gasteiger partial charge in [0.2, 0.25) is 35.4 Å². The Morgan fingerprint density at radius 1 is 0.814 bits per heavy atom. The summed E-state index contributed by atoms with van der Waals surface area (Å²) in [6.07, 6.45) is 3.94. The number of carboxylic acid groups (broad SMARTS) is 1. The van der Waals surface area contributed by atoms with Gasteiger partial charge in [0.05, 0.1) is 18.4 Å². The number of nitrogens with zero attached hydrogens (tertiary/aromatic N) is 3. The summed E-state index contributed by atoms with van der Waals surface area (Å²) in [5, 5.41) is 18.3. The Kier molecular flexibility index (Phi) is 14.1. The third-order valence-electron chi connectivity index (χ3n) is 11.6. The van der Waals surface area contributed by atoms with Crippen LogP contribution in [0.5, 0.6) is 0 Å². The van der Waals surface area contributed by atoms with E-state index in [1.165, 1.54) is 15.7 Å². The molecule has 4 fully saturated rings. The van der Waals surface area contributed by atoms with Crippen molar-refractivity contribution in [3.63, 3.8) is 0 Å². The molecule has 3 aliphatic heterocycles. The number of fused-ring (bicyclic) bond motifs is 3. The fourth-order valence-corrected chi connectivity index (χ4v) is 8.79. The first kappa shape index (κ1) is 43.3. The Balaban J connectivity index is 0.00000585. The van der Waals surface area contributed by atoms with Crippen LogP contribution in [0.15, 0.2) is 91.1 Å². The number of para-hydroxylation sites is 1. The number of aromatic nitrogens is 1. The first-order valence-corrected chi connectivity index (χ1v) is 19.9. The van der Waals surface area contributed by atoms with Crippen molar-refractivity contribution < 1.29 is 38.7 Å². The van der Waals surface area contributed by atoms with Crippen LogP contribution in [-0.4, -0.2) is 128 Å². The van der Waals surface area contributed by atoms with E-state index in [1.807, 2.05) is 60.7 Å². The van der Waals surface area contributed by atoms with Crippen LogP contribution in [-0.2, 0) is 48.2 Å². The molecule has 8 rings (SSSR count). The minimum absolute atomic E-state index is 0. The first-order chi connectivity index (χ1) is 28.0. The Morgan fingerprint density at radius 2 is 1.46 bits per heavy atom. The normalized spacial score (nSPS) is 20.4. The van der Waals surface area contributed by atoms with Gasteiger partial charge in [0, 0.05) is 80.0 Å². The number of carbonyl (C=O) groups excluding carboxylic acids is 6. The maximum absolute atomic E-state index is 14.5. The number of amides is 5. The van der Waals surface area contributed by atoms with E-state index in [-0.39, 0.29) is 91.5 Å². The number of carbonyl (C=O) groups is 7. The van der Waals surface area contributed by atoms with Gasteiger partial charge in [-0.3, -0.25) is 38.1 Å². The molecule has 1 saturated carbocycles. The molecule has 0 spiro atoms. The summed E-state index contributed by atoms with van der Waals surface area (Å²) in [7, 11) is 1.66. The van der Waals surface area contributed by atoms with Gasteiger partial charge in [-0.1, -0.05) is 78.9 Å². The topological polar surface area (TPSA) is 187 Å². The number of piperazine rings is 1. The number of hydrogen-bond donors (Lipinski definition) is 4. The molecule has 0 unspecified atom stereocenters. The summed E-state index contributed by atoms with van der Waals surface area (Å²) < 4.78 is 1.35. The molecule has 1 aliphatic carbocycles. The molecule has 14 nitrogen and oxygen atoms in total. The van der Waals surface area contributed by atoms with Crippen LogP contribution in [0, 0.1) is 5.92 Å². The summed E-state index contributed by atoms with van der Waals surface area (Å²) >= 11 is 0. The predicted molar refractivity (Wildman–Crippen MR) is 219 cm³/mol. The van der Waals surface area contributed by atoms with Gasteiger partial charge in [-0.2, -0.15) is 0 Å². The van der Waals surface area contributed by atoms with Crippen LogP contribution in [0.1, 0.15) is 66.4 Å². The Bertz CT molecular complexity index is 2210. The zero-order valence-corrected chi connectivity index (χ0v) is 35.3. The van der Waals surface area contributed by atoms with Crippen LogP contribution in [0.4, 0.5) is 0 Å². The number of carboxylic acids is 1. The van der Waals surface area contributed by atoms with E-state index in [0.717, 1.165) is 36.8 Å². The number of aliphatic carboxylic acids is 1. The van der Waals surface area contributed by atoms with Gasteiger partial charge in [-0.15, -0.1) is 0 Å². The van der Waals surface area contributed by atoms with Crippen molar-refractivity contribution in [3.05, 3.63) is 108 Å². The quantitative estimate of drug-likeness (QED) is 0.132. The molecule has 303 valence electrons. The smallest absolute Gasteiger partial charge is 0.303 e. The second-order valence-electron chi connectivity index (χ2n) is 15.6. The Morgan fingerprint density at radius 3 is 2.14 bits per heavy atom. The number of piperidine rings is 2. The number of rotatable bonds is 15. The number of nitrogens with one attached hydrogen (secondary N) is 3. The van der Waals surface area contributed by atoms with Crippen molar-refractivity contribution in [1.82, 2.24) is 30.3 Å². The average molecular weight is 812 g/mol. The van der Waals surface area contributed by atoms with Gasteiger partial charge >= 0.3 is 5.97 Å². The molecule has 3 saturated heterocycles. The summed E-state index contributed by atoms with van der Waals surface area (Å²) in [6, 6.07) is 21.6. The number of benzene rings is 3. The molecule has 4 heterocycles. The third-order valence-corrected chi connectivity index (χ3v) is 11.6. The van der Waals surface area contributed by atoms with E-state index in [1.54, 1.807) is 36.2 Å². The second kappa shape index (κ2) is 19.2. The first-order valence-electron chi connectivity index (χ1n) is 19.9. The van der Waals surface area contributed by atoms with Gasteiger partial charge in [-0.25, -0.2) is 0 Å². The third kappa shape index (κ3) is 9.94. The van der Waals surface area contributed by atoms with Crippen molar-refractivity contribution in [1.29, 1.82) is 0 Å². The second-order valence-corrected chi connectivity index (χ2v) is 15.6. The van der Waals surface area contributed by atoms with E-state index in [0.29, 0.717) is 16.5 Å². The standard InChI is InChI=1S/C44H48N6O8.Na/c1-48(25-28-12-6-3-7-13-28)43(57)34(22-27-10-4-2-5-11-27)46-41(55)33(23-30-26-49(38(52)20-21-39(53)54)36-15-9-8-14-32(30)36)45-37(51)24-35-44(58)50-31-18-16-29(17-19-31)40(50)42(56)47-35;/h2-15,26,29,31,33-35,40H,16-25H2,1H3,(H,45,51)(H,46,55)(H,47,56)(H,53,54);/t29?,31?,33-,34+,35+,40+;/m1./s1. The Labute approximate surface area is 364 Å². The SMILES string of the molecule is CN(Cc1ccccc1)C(=O)[C@H](Cc1ccccc1)NC(=O)[C@@H](Cc1cn(C(=O)CCC(=O)O)c2ccccc12)NC(=O)C[C@@H]1NC(=O)[C@@H]2C3CCC(CC3)N2C1=O.[Na]. The summed E-state index contributed by atoms with van der Waals surface area (Å²) in [6.45, 7) is 0.289. The molecule has 3 aromatic carbocycles. The van der Waals surface area contributed by atoms with Crippen LogP contribution < -0.4 is 16.0 Å². The molecule has 4 atom stereocenters. The minimum atomic E-state index is -1.29. The molecule has 4 aliphatic rings. The predicted octanol–water partition coefficient (Wildman–Crippen LogP) is 2.84. The van der Waals surface area contributed by atoms with Crippen LogP contribution >= 0.6 is 0 Å². The van der Waals surface area contributed by atoms with Crippen LogP contribution in [0.25, 0.3) is 10.9 Å². The van der Waals surface area contributed by atoms with Crippen molar-refractivity contribution in [2.45, 2.75) is 94.5 Å². The van der Waals surface area contributed by atoms with E-state index < -0.39 is 54.3 Å². The number of hydrogen-bond acceptors (Lipinski definition) is 7. The van der Waals surface area contributed by atoms with E-state index in [9.17, 15) is 38.7 Å². The largest absolute Gasteiger partial charge is 0.481 e. The van der Waals surface area contributed by atoms with Crippen LogP contribution in [0.2, 0.25) is 0 Å². The zero-order chi connectivity index (χ0) is 40.9. The molecule has 15 heteroatoms. The van der Waals surface area contributed by atoms with Gasteiger partial charge in [-0.05, 0) is 54.4 Å². The maximum atomic E-state index is 14.5. The van der Waals surface area contributed by atoms with Gasteiger partial charge in [0.15, 0.2) is 0 Å². The van der Waals surface area contributed by atoms with Gasteiger partial charge in [0.1, 0.15) is 24.2 Å². The molecule has 4 aromatic rings. The van der Waals surface area contributed by atoms with Gasteiger partial charge in [0.25, 0.3) is 0 Å². The molecular weight excluding hydrogens is 764 g/mol. The van der Waals surface area contributed by atoms with Gasteiger partial charge < -0.3 is 30.9 Å². The molecule has 4 N–H and O–H groups in total. The van der Waals surface area contributed by atoms with E-state index in [2.05, 4.69) is 16.0 Å². The zero-order valence-electron chi connectivity index (χ0n) is 33.3. The minimum Gasteiger partial charge on any atom is -0.481 e. The molecular formula is C44H48N6NaO8. The van der Waals surface area contributed by atoms with Crippen molar-refractivity contribution >= 4 is 81.9 Å². The molecule has 59 heavy (non-hydrogen) atoms. The van der Waals surface area contributed by atoms with E-state index >= 15 is 0 Å². The summed E-state index contributed by atoms with van der Waals surface area (Å²) in [5.74, 6) is -3.75. The fraction of sp³-hybridized carbons (Fsp3) is 0.386. The fourth-order valence-electron chi connectivity index (χ4n) is 8.79. The summed E-state index contributed by atoms with van der Waals surface area (Å²) in [5.41, 5.74) is 2.71. The van der Waals surface area contributed by atoms with Crippen molar-refractivity contribution in [2.24, 2.45) is 5.92 Å². The Hall–Kier alpha value is -5.31. The van der Waals surface area contributed by atoms with Crippen molar-refractivity contribution in [3.8, 4) is 0 Å². The average Bonchev–Trinajstić information content (AvgIpc) is 3.60. The molecule has 5 amide bonds.